The van der Waals surface area contributed by atoms with Gasteiger partial charge in [-0.1, -0.05) is 0 Å². The zero-order valence-electron chi connectivity index (χ0n) is 30.8. The quantitative estimate of drug-likeness (QED) is 0.403. The number of hydrogen-bond acceptors (Lipinski definition) is 7. The molecule has 7 aliphatic heterocycles. The van der Waals surface area contributed by atoms with Crippen LogP contribution in [0.2, 0.25) is 91.7 Å². The van der Waals surface area contributed by atoms with Crippen LogP contribution in [-0.4, -0.2) is 160 Å². The van der Waals surface area contributed by atoms with Gasteiger partial charge in [-0.15, -0.1) is 0 Å². The second-order valence-corrected chi connectivity index (χ2v) is 135. The van der Waals surface area contributed by atoms with Crippen molar-refractivity contribution in [2.75, 3.05) is 78.9 Å². The van der Waals surface area contributed by atoms with Crippen LogP contribution >= 0.6 is 0 Å². The van der Waals surface area contributed by atoms with E-state index in [4.69, 9.17) is 26.6 Å². The van der Waals surface area contributed by atoms with E-state index in [0.29, 0.717) is 0 Å². The summed E-state index contributed by atoms with van der Waals surface area (Å²) in [7, 11) is -19.2. The fourth-order valence-corrected chi connectivity index (χ4v) is 574. The first-order valence-electron chi connectivity index (χ1n) is 17.6. The van der Waals surface area contributed by atoms with Crippen molar-refractivity contribution in [1.82, 2.24) is 4.90 Å². The van der Waals surface area contributed by atoms with E-state index in [0.717, 1.165) is 83.1 Å². The molecule has 0 unspecified atom stereocenters. The Hall–Kier alpha value is 1.85. The molecule has 7 saturated heterocycles. The van der Waals surface area contributed by atoms with Crippen molar-refractivity contribution in [3.8, 4) is 0 Å². The Morgan fingerprint density at radius 3 is 1.20 bits per heavy atom. The Kier molecular flexibility index (Phi) is 8.11. The van der Waals surface area contributed by atoms with E-state index in [1.54, 1.807) is 0 Å². The van der Waals surface area contributed by atoms with Crippen molar-refractivity contribution in [3.05, 3.63) is 0 Å². The zero-order chi connectivity index (χ0) is 32.8. The third-order valence-electron chi connectivity index (χ3n) is 15.8. The molecule has 7 aliphatic rings. The average molecular weight is 784 g/mol. The standard InChI is InChI=1S/C26H66N2O6Si10/c1-35(2,3)42(41-29-21-15-27(16-22-30-41)17-23-31-41)37(7,8)39(11,12)43(36(4,5)6,40(13,14)38(42,9)10)44-28(18-24-32-44,19-25-33-44)20-26-34-44/h15-26H2,1-14H3. The summed E-state index contributed by atoms with van der Waals surface area (Å²) in [5, 5.41) is 0. The van der Waals surface area contributed by atoms with Crippen LogP contribution in [0, 0.1) is 0 Å². The molecule has 0 amide bonds. The van der Waals surface area contributed by atoms with Gasteiger partial charge in [0.2, 0.25) is 0 Å². The van der Waals surface area contributed by atoms with Gasteiger partial charge >= 0.3 is 278 Å². The fraction of sp³-hybridized carbons (Fsp3) is 1.00. The molecular formula is C26H66N2O6Si10. The number of quaternary nitrogens is 1. The van der Waals surface area contributed by atoms with Gasteiger partial charge in [-0.3, -0.25) is 0 Å². The Bertz CT molecular complexity index is 1120. The average Bonchev–Trinajstić information content (AvgIpc) is 3.37. The van der Waals surface area contributed by atoms with E-state index in [2.05, 4.69) is 96.6 Å². The molecule has 7 rings (SSSR count). The topological polar surface area (TPSA) is 58.6 Å². The summed E-state index contributed by atoms with van der Waals surface area (Å²) in [6.07, 6.45) is -4.71. The van der Waals surface area contributed by atoms with Gasteiger partial charge in [0.05, 0.1) is 0 Å². The first kappa shape index (κ1) is 35.7. The summed E-state index contributed by atoms with van der Waals surface area (Å²) in [5.74, 6) is 0. The summed E-state index contributed by atoms with van der Waals surface area (Å²) in [4.78, 5) is 2.50. The van der Waals surface area contributed by atoms with E-state index >= 15 is 0 Å². The minimum atomic E-state index is -3.86. The van der Waals surface area contributed by atoms with E-state index in [9.17, 15) is 0 Å². The van der Waals surface area contributed by atoms with Crippen LogP contribution in [0.4, 0.5) is 0 Å². The van der Waals surface area contributed by atoms with Gasteiger partial charge in [-0.2, -0.15) is 0 Å². The third kappa shape index (κ3) is 3.36. The molecule has 0 aromatic heterocycles. The predicted molar refractivity (Wildman–Crippen MR) is 207 cm³/mol. The number of rotatable bonds is 4. The molecule has 0 N–H and O–H groups in total. The first-order valence-corrected chi connectivity index (χ1v) is 54.5. The molecule has 8 nitrogen and oxygen atoms in total. The molecule has 7 fully saturated rings. The molecule has 0 saturated carbocycles. The molecule has 18 heteroatoms. The molecule has 7 heterocycles. The number of hydrogen-bond donors (Lipinski definition) is 0. The van der Waals surface area contributed by atoms with Crippen molar-refractivity contribution in [2.24, 2.45) is 0 Å². The summed E-state index contributed by atoms with van der Waals surface area (Å²) in [5.41, 5.74) is 0. The Morgan fingerprint density at radius 1 is 0.523 bits per heavy atom. The molecule has 0 spiro atoms. The molecule has 0 aromatic rings. The van der Waals surface area contributed by atoms with Gasteiger partial charge in [0.15, 0.2) is 0 Å². The summed E-state index contributed by atoms with van der Waals surface area (Å²) >= 11 is 0. The second-order valence-electron chi connectivity index (χ2n) is 19.2. The molecule has 0 radical (unpaired) electrons. The van der Waals surface area contributed by atoms with Crippen molar-refractivity contribution in [2.45, 2.75) is 91.7 Å². The summed E-state index contributed by atoms with van der Waals surface area (Å²) < 4.78 is 46.9. The molecular weight excluding hydrogens is 717 g/mol. The van der Waals surface area contributed by atoms with Gasteiger partial charge in [0, 0.05) is 0 Å². The normalized spacial score (nSPS) is 46.1. The monoisotopic (exact) mass is 782 g/mol. The van der Waals surface area contributed by atoms with Gasteiger partial charge in [0.1, 0.15) is 0 Å². The summed E-state index contributed by atoms with van der Waals surface area (Å²) in [6, 6.07) is 0. The number of nitrogens with zero attached hydrogens (tertiary/aromatic N) is 2. The van der Waals surface area contributed by atoms with Crippen LogP contribution in [0.25, 0.3) is 0 Å². The maximum absolute atomic E-state index is 7.74. The summed E-state index contributed by atoms with van der Waals surface area (Å²) in [6.45, 7) is 51.8. The van der Waals surface area contributed by atoms with E-state index < -0.39 is 72.0 Å². The van der Waals surface area contributed by atoms with Crippen LogP contribution < -0.4 is 0 Å². The molecule has 44 heavy (non-hydrogen) atoms. The van der Waals surface area contributed by atoms with E-state index in [1.807, 2.05) is 0 Å². The van der Waals surface area contributed by atoms with Gasteiger partial charge in [0.25, 0.3) is 0 Å². The molecule has 256 valence electrons. The van der Waals surface area contributed by atoms with Gasteiger partial charge < -0.3 is 0 Å². The van der Waals surface area contributed by atoms with Crippen LogP contribution in [0.5, 0.6) is 0 Å². The zero-order valence-corrected chi connectivity index (χ0v) is 40.8. The predicted octanol–water partition coefficient (Wildman–Crippen LogP) is 3.81. The van der Waals surface area contributed by atoms with Crippen LogP contribution in [0.1, 0.15) is 0 Å². The van der Waals surface area contributed by atoms with Crippen LogP contribution in [-0.2, 0) is 26.6 Å². The maximum atomic E-state index is 7.74. The number of fused-ring (bicyclic) bond motifs is 6. The first-order chi connectivity index (χ1) is 20.0. The molecule has 0 aliphatic carbocycles. The minimum absolute atomic E-state index is 0.789. The van der Waals surface area contributed by atoms with Crippen molar-refractivity contribution < 1.29 is 30.7 Å². The van der Waals surface area contributed by atoms with Crippen LogP contribution in [0.15, 0.2) is 0 Å². The van der Waals surface area contributed by atoms with Gasteiger partial charge in [-0.05, 0) is 0 Å². The Morgan fingerprint density at radius 2 is 0.886 bits per heavy atom. The van der Waals surface area contributed by atoms with Gasteiger partial charge in [-0.25, -0.2) is 0 Å². The van der Waals surface area contributed by atoms with Crippen molar-refractivity contribution in [3.63, 3.8) is 0 Å². The van der Waals surface area contributed by atoms with E-state index in [-0.39, 0.29) is 0 Å². The van der Waals surface area contributed by atoms with Crippen molar-refractivity contribution >= 4 is 72.0 Å². The molecule has 2 bridgehead atoms. The van der Waals surface area contributed by atoms with E-state index in [1.165, 1.54) is 0 Å². The second kappa shape index (κ2) is 10.0. The Balaban J connectivity index is 1.78. The fourth-order valence-electron chi connectivity index (χ4n) is 15.1. The Labute approximate surface area is 276 Å². The molecule has 0 aromatic carbocycles. The van der Waals surface area contributed by atoms with Crippen molar-refractivity contribution in [1.29, 1.82) is 0 Å². The molecule has 0 atom stereocenters. The SMILES string of the molecule is C[Si](C)(C)[Si]1([Si]23OCCN(CCO2)CCO3)[Si](C)(C)[Si](C)(C)[Si]([Si](C)(C)C)([Si-]234OCC[N+]2(CCO3)CCO4)[Si](C)(C)[Si]1(C)C. The third-order valence-corrected chi connectivity index (χ3v) is 303. The van der Waals surface area contributed by atoms with Crippen LogP contribution in [0.3, 0.4) is 0 Å².